The van der Waals surface area contributed by atoms with E-state index in [0.29, 0.717) is 30.1 Å². The lowest BCUT2D eigenvalue weighted by molar-refractivity contribution is -0.114. The van der Waals surface area contributed by atoms with Crippen LogP contribution in [-0.4, -0.2) is 67.0 Å². The van der Waals surface area contributed by atoms with E-state index in [1.165, 1.54) is 6.92 Å². The summed E-state index contributed by atoms with van der Waals surface area (Å²) in [4.78, 5) is 39.6. The fraction of sp³-hybridized carbons (Fsp3) is 0.550. The van der Waals surface area contributed by atoms with Crippen LogP contribution in [0.4, 0.5) is 10.5 Å². The van der Waals surface area contributed by atoms with Crippen LogP contribution >= 0.6 is 0 Å². The van der Waals surface area contributed by atoms with Crippen LogP contribution in [0, 0.1) is 5.92 Å². The van der Waals surface area contributed by atoms with E-state index in [4.69, 9.17) is 4.74 Å². The van der Waals surface area contributed by atoms with Crippen LogP contribution in [0.25, 0.3) is 0 Å². The molecule has 154 valence electrons. The van der Waals surface area contributed by atoms with Gasteiger partial charge in [-0.15, -0.1) is 0 Å². The van der Waals surface area contributed by atoms with Crippen molar-refractivity contribution in [2.75, 3.05) is 32.5 Å². The summed E-state index contributed by atoms with van der Waals surface area (Å²) in [6.45, 7) is 8.10. The van der Waals surface area contributed by atoms with Crippen molar-refractivity contribution in [1.82, 2.24) is 15.1 Å². The van der Waals surface area contributed by atoms with Crippen LogP contribution in [0.2, 0.25) is 0 Å². The fourth-order valence-corrected chi connectivity index (χ4v) is 3.13. The van der Waals surface area contributed by atoms with Gasteiger partial charge in [0.1, 0.15) is 11.9 Å². The van der Waals surface area contributed by atoms with E-state index in [1.807, 2.05) is 20.8 Å². The van der Waals surface area contributed by atoms with Crippen LogP contribution in [-0.2, 0) is 4.79 Å². The summed E-state index contributed by atoms with van der Waals surface area (Å²) in [6, 6.07) is 4.89. The normalized spacial score (nSPS) is 19.2. The molecule has 28 heavy (non-hydrogen) atoms. The Labute approximate surface area is 166 Å². The molecule has 0 aromatic heterocycles. The number of ether oxygens (including phenoxy) is 1. The lowest BCUT2D eigenvalue weighted by Crippen LogP contribution is -2.49. The fourth-order valence-electron chi connectivity index (χ4n) is 3.13. The number of carbonyl (C=O) groups excluding carboxylic acids is 3. The Morgan fingerprint density at radius 2 is 2.04 bits per heavy atom. The molecule has 8 heteroatoms. The highest BCUT2D eigenvalue weighted by Crippen LogP contribution is 2.29. The van der Waals surface area contributed by atoms with E-state index in [9.17, 15) is 14.4 Å². The van der Waals surface area contributed by atoms with E-state index in [2.05, 4.69) is 10.6 Å². The van der Waals surface area contributed by atoms with Crippen molar-refractivity contribution in [3.8, 4) is 5.75 Å². The Kier molecular flexibility index (Phi) is 6.88. The highest BCUT2D eigenvalue weighted by Gasteiger charge is 2.31. The molecule has 4 amide bonds. The molecule has 1 aromatic carbocycles. The zero-order valence-electron chi connectivity index (χ0n) is 17.4. The first kappa shape index (κ1) is 21.5. The molecule has 0 spiro atoms. The minimum Gasteiger partial charge on any atom is -0.487 e. The maximum atomic E-state index is 12.8. The largest absolute Gasteiger partial charge is 0.487 e. The van der Waals surface area contributed by atoms with Gasteiger partial charge in [0.15, 0.2) is 0 Å². The van der Waals surface area contributed by atoms with Crippen molar-refractivity contribution in [2.45, 2.75) is 39.8 Å². The summed E-state index contributed by atoms with van der Waals surface area (Å²) in [5, 5.41) is 5.55. The number of nitrogens with zero attached hydrogens (tertiary/aromatic N) is 2. The van der Waals surface area contributed by atoms with Crippen molar-refractivity contribution < 1.29 is 19.1 Å². The summed E-state index contributed by atoms with van der Waals surface area (Å²) in [5.74, 6) is 0.0850. The molecule has 0 aliphatic carbocycles. The molecule has 1 heterocycles. The molecule has 1 aromatic rings. The number of likely N-dealkylation sites (N-methyl/N-ethyl adjacent to an activating group) is 1. The van der Waals surface area contributed by atoms with Gasteiger partial charge in [0.05, 0.1) is 12.1 Å². The third-order valence-corrected chi connectivity index (χ3v) is 4.56. The summed E-state index contributed by atoms with van der Waals surface area (Å²) in [7, 11) is 3.47. The van der Waals surface area contributed by atoms with Gasteiger partial charge >= 0.3 is 6.03 Å². The first-order valence-corrected chi connectivity index (χ1v) is 9.43. The lowest BCUT2D eigenvalue weighted by Gasteiger charge is -2.35. The highest BCUT2D eigenvalue weighted by molar-refractivity contribution is 5.99. The zero-order chi connectivity index (χ0) is 21.0. The number of urea groups is 1. The summed E-state index contributed by atoms with van der Waals surface area (Å²) in [5.41, 5.74) is 0.926. The van der Waals surface area contributed by atoms with Gasteiger partial charge < -0.3 is 25.2 Å². The number of amides is 4. The Balaban J connectivity index is 2.28. The van der Waals surface area contributed by atoms with Crippen molar-refractivity contribution >= 4 is 23.5 Å². The van der Waals surface area contributed by atoms with Crippen molar-refractivity contribution in [2.24, 2.45) is 5.92 Å². The number of nitrogens with one attached hydrogen (secondary N) is 2. The van der Waals surface area contributed by atoms with Gasteiger partial charge in [0.25, 0.3) is 5.91 Å². The summed E-state index contributed by atoms with van der Waals surface area (Å²) >= 11 is 0. The number of fused-ring (bicyclic) bond motifs is 1. The minimum atomic E-state index is -0.288. The van der Waals surface area contributed by atoms with E-state index in [0.717, 1.165) is 0 Å². The molecule has 2 N–H and O–H groups in total. The molecule has 0 saturated heterocycles. The minimum absolute atomic E-state index is 0.0198. The van der Waals surface area contributed by atoms with Crippen LogP contribution in [0.3, 0.4) is 0 Å². The van der Waals surface area contributed by atoms with Crippen LogP contribution in [0.5, 0.6) is 5.75 Å². The maximum absolute atomic E-state index is 12.8. The molecule has 0 unspecified atom stereocenters. The predicted molar refractivity (Wildman–Crippen MR) is 108 cm³/mol. The third kappa shape index (κ3) is 5.37. The number of anilines is 1. The van der Waals surface area contributed by atoms with Crippen LogP contribution in [0.15, 0.2) is 18.2 Å². The Morgan fingerprint density at radius 3 is 2.64 bits per heavy atom. The first-order valence-electron chi connectivity index (χ1n) is 9.43. The molecule has 1 aliphatic heterocycles. The summed E-state index contributed by atoms with van der Waals surface area (Å²) < 4.78 is 6.17. The van der Waals surface area contributed by atoms with Gasteiger partial charge in [0.2, 0.25) is 5.91 Å². The second kappa shape index (κ2) is 8.95. The zero-order valence-corrected chi connectivity index (χ0v) is 17.4. The Morgan fingerprint density at radius 1 is 1.36 bits per heavy atom. The van der Waals surface area contributed by atoms with Crippen molar-refractivity contribution in [3.05, 3.63) is 23.8 Å². The molecule has 0 bridgehead atoms. The molecule has 0 radical (unpaired) electrons. The van der Waals surface area contributed by atoms with Gasteiger partial charge in [-0.1, -0.05) is 6.92 Å². The second-order valence-electron chi connectivity index (χ2n) is 7.70. The highest BCUT2D eigenvalue weighted by atomic mass is 16.5. The monoisotopic (exact) mass is 390 g/mol. The topological polar surface area (TPSA) is 91.0 Å². The molecule has 8 nitrogen and oxygen atoms in total. The van der Waals surface area contributed by atoms with Gasteiger partial charge in [-0.2, -0.15) is 0 Å². The van der Waals surface area contributed by atoms with E-state index < -0.39 is 0 Å². The van der Waals surface area contributed by atoms with Gasteiger partial charge in [-0.3, -0.25) is 9.59 Å². The number of rotatable bonds is 4. The predicted octanol–water partition coefficient (Wildman–Crippen LogP) is 2.16. The van der Waals surface area contributed by atoms with E-state index in [1.54, 1.807) is 42.1 Å². The molecule has 2 rings (SSSR count). The molecule has 0 saturated carbocycles. The van der Waals surface area contributed by atoms with E-state index >= 15 is 0 Å². The molecular weight excluding hydrogens is 360 g/mol. The van der Waals surface area contributed by atoms with Crippen LogP contribution in [0.1, 0.15) is 38.1 Å². The Hall–Kier alpha value is -2.77. The maximum Gasteiger partial charge on any atom is 0.317 e. The lowest BCUT2D eigenvalue weighted by atomic mass is 10.0. The van der Waals surface area contributed by atoms with Gasteiger partial charge in [-0.05, 0) is 32.0 Å². The number of benzene rings is 1. The van der Waals surface area contributed by atoms with Gasteiger partial charge in [0, 0.05) is 45.2 Å². The summed E-state index contributed by atoms with van der Waals surface area (Å²) in [6.07, 6.45) is -0.288. The SMILES string of the molecule is CC(=O)Nc1ccc2c(c1)C(=O)N(C)C[C@@H](C)[C@@H](CN(C)C(=O)NC(C)C)O2. The van der Waals surface area contributed by atoms with Crippen molar-refractivity contribution in [3.63, 3.8) is 0 Å². The van der Waals surface area contributed by atoms with Crippen molar-refractivity contribution in [1.29, 1.82) is 0 Å². The van der Waals surface area contributed by atoms with Crippen LogP contribution < -0.4 is 15.4 Å². The quantitative estimate of drug-likeness (QED) is 0.824. The van der Waals surface area contributed by atoms with Gasteiger partial charge in [-0.25, -0.2) is 4.79 Å². The number of carbonyl (C=O) groups is 3. The standard InChI is InChI=1S/C20H30N4O4/c1-12(2)21-20(27)24(6)11-18-13(3)10-23(5)19(26)16-9-15(22-14(4)25)7-8-17(16)28-18/h7-9,12-13,18H,10-11H2,1-6H3,(H,21,27)(H,22,25)/t13-,18-/m1/s1. The van der Waals surface area contributed by atoms with E-state index in [-0.39, 0.29) is 35.9 Å². The Bertz CT molecular complexity index is 750. The number of hydrogen-bond donors (Lipinski definition) is 2. The average Bonchev–Trinajstić information content (AvgIpc) is 2.59. The number of hydrogen-bond acceptors (Lipinski definition) is 4. The molecule has 0 fully saturated rings. The molecule has 2 atom stereocenters. The molecule has 1 aliphatic rings. The average molecular weight is 390 g/mol. The second-order valence-corrected chi connectivity index (χ2v) is 7.70. The first-order chi connectivity index (χ1) is 13.1. The molecular formula is C20H30N4O4. The smallest absolute Gasteiger partial charge is 0.317 e. The third-order valence-electron chi connectivity index (χ3n) is 4.56.